The summed E-state index contributed by atoms with van der Waals surface area (Å²) in [6.07, 6.45) is 5.68. The topological polar surface area (TPSA) is 59.1 Å². The molecule has 88 valence electrons. The summed E-state index contributed by atoms with van der Waals surface area (Å²) < 4.78 is 5.29. The van der Waals surface area contributed by atoms with Gasteiger partial charge in [0.1, 0.15) is 0 Å². The highest BCUT2D eigenvalue weighted by molar-refractivity contribution is 5.21. The minimum absolute atomic E-state index is 0.549. The van der Waals surface area contributed by atoms with Crippen molar-refractivity contribution in [2.75, 3.05) is 31.6 Å². The first-order chi connectivity index (χ1) is 7.95. The molecule has 0 amide bonds. The number of hydrogen-bond donors (Lipinski definition) is 2. The molecule has 2 rings (SSSR count). The molecule has 2 N–H and O–H groups in total. The molecule has 0 bridgehead atoms. The molecule has 5 nitrogen and oxygen atoms in total. The number of rotatable bonds is 6. The summed E-state index contributed by atoms with van der Waals surface area (Å²) in [4.78, 5) is 8.18. The Morgan fingerprint density at radius 3 is 2.94 bits per heavy atom. The Kier molecular flexibility index (Phi) is 4.51. The van der Waals surface area contributed by atoms with Gasteiger partial charge in [-0.05, 0) is 25.5 Å². The van der Waals surface area contributed by atoms with Gasteiger partial charge in [0.05, 0.1) is 6.61 Å². The fourth-order valence-corrected chi connectivity index (χ4v) is 1.68. The van der Waals surface area contributed by atoms with Crippen LogP contribution in [0, 0.1) is 0 Å². The second-order valence-electron chi connectivity index (χ2n) is 3.87. The van der Waals surface area contributed by atoms with Crippen molar-refractivity contribution in [1.82, 2.24) is 15.3 Å². The van der Waals surface area contributed by atoms with Gasteiger partial charge in [0, 0.05) is 31.6 Å². The molecule has 0 aliphatic carbocycles. The van der Waals surface area contributed by atoms with Crippen molar-refractivity contribution in [2.24, 2.45) is 0 Å². The second-order valence-corrected chi connectivity index (χ2v) is 3.87. The molecule has 1 aromatic heterocycles. The zero-order valence-corrected chi connectivity index (χ0v) is 9.35. The van der Waals surface area contributed by atoms with Crippen molar-refractivity contribution in [3.63, 3.8) is 0 Å². The highest BCUT2D eigenvalue weighted by Crippen LogP contribution is 2.02. The molecule has 16 heavy (non-hydrogen) atoms. The van der Waals surface area contributed by atoms with Crippen LogP contribution in [0.2, 0.25) is 0 Å². The van der Waals surface area contributed by atoms with Crippen LogP contribution in [0.15, 0.2) is 18.5 Å². The first-order valence-corrected chi connectivity index (χ1v) is 5.77. The van der Waals surface area contributed by atoms with E-state index in [4.69, 9.17) is 4.74 Å². The number of nitrogens with zero attached hydrogens (tertiary/aromatic N) is 2. The lowest BCUT2D eigenvalue weighted by Gasteiger charge is -2.10. The highest BCUT2D eigenvalue weighted by atomic mass is 16.5. The van der Waals surface area contributed by atoms with Gasteiger partial charge in [-0.2, -0.15) is 0 Å². The standard InChI is InChI=1S/C11H18N4O/c1(4-12-10-3-8-16-9-10)5-13-11-14-6-2-7-15-11/h2,6-7,10,12H,1,3-5,8-9H2,(H,13,14,15). The van der Waals surface area contributed by atoms with E-state index >= 15 is 0 Å². The van der Waals surface area contributed by atoms with Crippen LogP contribution < -0.4 is 10.6 Å². The maximum Gasteiger partial charge on any atom is 0.222 e. The van der Waals surface area contributed by atoms with Crippen molar-refractivity contribution in [3.05, 3.63) is 18.5 Å². The van der Waals surface area contributed by atoms with E-state index in [1.165, 1.54) is 0 Å². The number of nitrogens with one attached hydrogen (secondary N) is 2. The lowest BCUT2D eigenvalue weighted by molar-refractivity contribution is 0.190. The zero-order chi connectivity index (χ0) is 11.1. The van der Waals surface area contributed by atoms with Crippen molar-refractivity contribution in [1.29, 1.82) is 0 Å². The minimum atomic E-state index is 0.549. The minimum Gasteiger partial charge on any atom is -0.380 e. The van der Waals surface area contributed by atoms with Crippen LogP contribution in [0.1, 0.15) is 12.8 Å². The summed E-state index contributed by atoms with van der Waals surface area (Å²) in [5, 5.41) is 6.64. The van der Waals surface area contributed by atoms with Gasteiger partial charge in [0.15, 0.2) is 0 Å². The normalized spacial score (nSPS) is 19.9. The number of anilines is 1. The zero-order valence-electron chi connectivity index (χ0n) is 9.35. The quantitative estimate of drug-likeness (QED) is 0.692. The van der Waals surface area contributed by atoms with Crippen molar-refractivity contribution >= 4 is 5.95 Å². The lowest BCUT2D eigenvalue weighted by Crippen LogP contribution is -2.30. The number of aromatic nitrogens is 2. The van der Waals surface area contributed by atoms with Crippen LogP contribution in [0.5, 0.6) is 0 Å². The molecular weight excluding hydrogens is 204 g/mol. The van der Waals surface area contributed by atoms with E-state index in [0.29, 0.717) is 12.0 Å². The van der Waals surface area contributed by atoms with Crippen LogP contribution >= 0.6 is 0 Å². The fourth-order valence-electron chi connectivity index (χ4n) is 1.68. The van der Waals surface area contributed by atoms with Gasteiger partial charge in [-0.25, -0.2) is 9.97 Å². The van der Waals surface area contributed by atoms with Crippen molar-refractivity contribution < 1.29 is 4.74 Å². The Bertz CT molecular complexity index is 287. The Labute approximate surface area is 95.6 Å². The molecule has 1 aliphatic heterocycles. The maximum absolute atomic E-state index is 5.29. The summed E-state index contributed by atoms with van der Waals surface area (Å²) in [6, 6.07) is 2.36. The molecule has 0 radical (unpaired) electrons. The molecule has 0 saturated carbocycles. The van der Waals surface area contributed by atoms with Gasteiger partial charge in [-0.15, -0.1) is 0 Å². The molecule has 1 aromatic rings. The van der Waals surface area contributed by atoms with Gasteiger partial charge in [0.25, 0.3) is 0 Å². The number of hydrogen-bond acceptors (Lipinski definition) is 5. The third-order valence-corrected chi connectivity index (χ3v) is 2.57. The van der Waals surface area contributed by atoms with Gasteiger partial charge >= 0.3 is 0 Å². The molecule has 1 atom stereocenters. The summed E-state index contributed by atoms with van der Waals surface area (Å²) >= 11 is 0. The Hall–Kier alpha value is -1.20. The summed E-state index contributed by atoms with van der Waals surface area (Å²) in [5.74, 6) is 0.701. The molecule has 1 aliphatic rings. The van der Waals surface area contributed by atoms with Gasteiger partial charge in [0.2, 0.25) is 5.95 Å². The first-order valence-electron chi connectivity index (χ1n) is 5.77. The van der Waals surface area contributed by atoms with Gasteiger partial charge < -0.3 is 15.4 Å². The molecule has 2 heterocycles. The average molecular weight is 222 g/mol. The van der Waals surface area contributed by atoms with E-state index in [9.17, 15) is 0 Å². The molecule has 1 fully saturated rings. The predicted molar refractivity (Wildman–Crippen MR) is 62.4 cm³/mol. The summed E-state index contributed by atoms with van der Waals surface area (Å²) in [7, 11) is 0. The molecule has 1 unspecified atom stereocenters. The first kappa shape index (κ1) is 11.3. The van der Waals surface area contributed by atoms with E-state index in [-0.39, 0.29) is 0 Å². The van der Waals surface area contributed by atoms with E-state index in [1.807, 2.05) is 6.07 Å². The van der Waals surface area contributed by atoms with Gasteiger partial charge in [-0.3, -0.25) is 0 Å². The molecule has 0 spiro atoms. The molecule has 0 aromatic carbocycles. The largest absolute Gasteiger partial charge is 0.380 e. The smallest absolute Gasteiger partial charge is 0.222 e. The summed E-state index contributed by atoms with van der Waals surface area (Å²) in [6.45, 7) is 3.65. The van der Waals surface area contributed by atoms with Crippen LogP contribution in [0.25, 0.3) is 0 Å². The Balaban J connectivity index is 1.52. The lowest BCUT2D eigenvalue weighted by atomic mass is 10.2. The SMILES string of the molecule is c1cnc(NCCCNC2CCOC2)nc1. The third-order valence-electron chi connectivity index (χ3n) is 2.57. The van der Waals surface area contributed by atoms with Crippen molar-refractivity contribution in [3.8, 4) is 0 Å². The average Bonchev–Trinajstić information content (AvgIpc) is 2.83. The van der Waals surface area contributed by atoms with Crippen LogP contribution in [-0.4, -0.2) is 42.3 Å². The second kappa shape index (κ2) is 6.40. The van der Waals surface area contributed by atoms with Crippen LogP contribution in [-0.2, 0) is 4.74 Å². The number of ether oxygens (including phenoxy) is 1. The van der Waals surface area contributed by atoms with E-state index in [1.54, 1.807) is 12.4 Å². The maximum atomic E-state index is 5.29. The van der Waals surface area contributed by atoms with E-state index in [0.717, 1.165) is 39.1 Å². The van der Waals surface area contributed by atoms with E-state index < -0.39 is 0 Å². The Morgan fingerprint density at radius 1 is 1.31 bits per heavy atom. The molecule has 5 heteroatoms. The molecule has 1 saturated heterocycles. The highest BCUT2D eigenvalue weighted by Gasteiger charge is 2.13. The van der Waals surface area contributed by atoms with Gasteiger partial charge in [-0.1, -0.05) is 0 Å². The summed E-state index contributed by atoms with van der Waals surface area (Å²) in [5.41, 5.74) is 0. The third kappa shape index (κ3) is 3.75. The van der Waals surface area contributed by atoms with Crippen molar-refractivity contribution in [2.45, 2.75) is 18.9 Å². The fraction of sp³-hybridized carbons (Fsp3) is 0.636. The van der Waals surface area contributed by atoms with Crippen LogP contribution in [0.3, 0.4) is 0 Å². The van der Waals surface area contributed by atoms with E-state index in [2.05, 4.69) is 20.6 Å². The monoisotopic (exact) mass is 222 g/mol. The Morgan fingerprint density at radius 2 is 2.19 bits per heavy atom. The predicted octanol–water partition coefficient (Wildman–Crippen LogP) is 0.657. The molecular formula is C11H18N4O. The van der Waals surface area contributed by atoms with Crippen LogP contribution in [0.4, 0.5) is 5.95 Å².